The lowest BCUT2D eigenvalue weighted by atomic mass is 9.78. The summed E-state index contributed by atoms with van der Waals surface area (Å²) < 4.78 is 27.1. The topological polar surface area (TPSA) is 37.0 Å². The molecule has 0 aromatic carbocycles. The SMILES string of the molecule is CNc1nc(NC2CCCC(C)C2C)c(F)cc1F. The largest absolute Gasteiger partial charge is 0.371 e. The van der Waals surface area contributed by atoms with Gasteiger partial charge in [-0.15, -0.1) is 0 Å². The molecule has 2 rings (SSSR count). The smallest absolute Gasteiger partial charge is 0.168 e. The van der Waals surface area contributed by atoms with Crippen molar-refractivity contribution in [3.8, 4) is 0 Å². The summed E-state index contributed by atoms with van der Waals surface area (Å²) in [6.45, 7) is 4.38. The molecule has 3 nitrogen and oxygen atoms in total. The standard InChI is InChI=1S/C14H21F2N3/c1-8-5-4-6-12(9(8)2)18-14-11(16)7-10(15)13(17-3)19-14/h7-9,12H,4-6H2,1-3H3,(H2,17,18,19). The average molecular weight is 269 g/mol. The molecule has 0 amide bonds. The Balaban J connectivity index is 2.18. The van der Waals surface area contributed by atoms with Gasteiger partial charge in [-0.1, -0.05) is 26.7 Å². The van der Waals surface area contributed by atoms with Crippen LogP contribution in [0.3, 0.4) is 0 Å². The highest BCUT2D eigenvalue weighted by Gasteiger charge is 2.28. The van der Waals surface area contributed by atoms with Crippen LogP contribution in [0.15, 0.2) is 6.07 Å². The maximum Gasteiger partial charge on any atom is 0.168 e. The Bertz CT molecular complexity index is 451. The highest BCUT2D eigenvalue weighted by molar-refractivity contribution is 5.47. The molecule has 1 aliphatic rings. The monoisotopic (exact) mass is 269 g/mol. The Morgan fingerprint density at radius 1 is 1.16 bits per heavy atom. The van der Waals surface area contributed by atoms with Crippen molar-refractivity contribution < 1.29 is 8.78 Å². The molecule has 1 heterocycles. The van der Waals surface area contributed by atoms with E-state index < -0.39 is 11.6 Å². The first-order chi connectivity index (χ1) is 9.02. The van der Waals surface area contributed by atoms with Gasteiger partial charge >= 0.3 is 0 Å². The van der Waals surface area contributed by atoms with E-state index in [4.69, 9.17) is 0 Å². The first-order valence-corrected chi connectivity index (χ1v) is 6.83. The van der Waals surface area contributed by atoms with E-state index in [1.54, 1.807) is 7.05 Å². The van der Waals surface area contributed by atoms with Crippen LogP contribution in [-0.2, 0) is 0 Å². The van der Waals surface area contributed by atoms with Crippen molar-refractivity contribution >= 4 is 11.6 Å². The van der Waals surface area contributed by atoms with Crippen LogP contribution in [0.2, 0.25) is 0 Å². The second-order valence-corrected chi connectivity index (χ2v) is 5.42. The van der Waals surface area contributed by atoms with Crippen molar-refractivity contribution in [2.45, 2.75) is 39.2 Å². The zero-order chi connectivity index (χ0) is 14.0. The number of pyridine rings is 1. The first kappa shape index (κ1) is 14.0. The number of anilines is 2. The second kappa shape index (κ2) is 5.72. The third-order valence-electron chi connectivity index (χ3n) is 4.20. The van der Waals surface area contributed by atoms with Gasteiger partial charge in [0.2, 0.25) is 0 Å². The lowest BCUT2D eigenvalue weighted by Crippen LogP contribution is -2.35. The Hall–Kier alpha value is -1.39. The molecule has 106 valence electrons. The summed E-state index contributed by atoms with van der Waals surface area (Å²) in [5, 5.41) is 5.77. The zero-order valence-electron chi connectivity index (χ0n) is 11.6. The van der Waals surface area contributed by atoms with Gasteiger partial charge in [-0.2, -0.15) is 0 Å². The van der Waals surface area contributed by atoms with Crippen molar-refractivity contribution in [2.24, 2.45) is 11.8 Å². The molecule has 0 radical (unpaired) electrons. The van der Waals surface area contributed by atoms with Crippen molar-refractivity contribution in [1.82, 2.24) is 4.98 Å². The van der Waals surface area contributed by atoms with Crippen LogP contribution < -0.4 is 10.6 Å². The fraction of sp³-hybridized carbons (Fsp3) is 0.643. The summed E-state index contributed by atoms with van der Waals surface area (Å²) in [5.41, 5.74) is 0. The molecule has 1 saturated carbocycles. The van der Waals surface area contributed by atoms with Gasteiger partial charge < -0.3 is 10.6 Å². The van der Waals surface area contributed by atoms with Gasteiger partial charge in [-0.3, -0.25) is 0 Å². The van der Waals surface area contributed by atoms with Crippen LogP contribution in [0.25, 0.3) is 0 Å². The molecule has 0 bridgehead atoms. The predicted octanol–water partition coefficient (Wildman–Crippen LogP) is 3.64. The minimum atomic E-state index is -0.671. The highest BCUT2D eigenvalue weighted by Crippen LogP contribution is 2.32. The molecule has 0 aliphatic heterocycles. The van der Waals surface area contributed by atoms with Crippen LogP contribution in [-0.4, -0.2) is 18.1 Å². The fourth-order valence-electron chi connectivity index (χ4n) is 2.70. The molecular formula is C14H21F2N3. The Morgan fingerprint density at radius 2 is 1.84 bits per heavy atom. The van der Waals surface area contributed by atoms with Gasteiger partial charge in [-0.05, 0) is 18.3 Å². The Kier molecular flexibility index (Phi) is 4.22. The summed E-state index contributed by atoms with van der Waals surface area (Å²) in [6.07, 6.45) is 3.34. The van der Waals surface area contributed by atoms with Gasteiger partial charge in [-0.25, -0.2) is 13.8 Å². The van der Waals surface area contributed by atoms with Crippen LogP contribution >= 0.6 is 0 Å². The van der Waals surface area contributed by atoms with E-state index in [0.717, 1.165) is 18.9 Å². The van der Waals surface area contributed by atoms with Gasteiger partial charge in [0.05, 0.1) is 0 Å². The van der Waals surface area contributed by atoms with E-state index in [9.17, 15) is 8.78 Å². The number of halogens is 2. The van der Waals surface area contributed by atoms with E-state index in [2.05, 4.69) is 29.5 Å². The van der Waals surface area contributed by atoms with E-state index in [1.165, 1.54) is 6.42 Å². The van der Waals surface area contributed by atoms with Crippen molar-refractivity contribution in [3.63, 3.8) is 0 Å². The minimum absolute atomic E-state index is 0.0698. The zero-order valence-corrected chi connectivity index (χ0v) is 11.6. The summed E-state index contributed by atoms with van der Waals surface area (Å²) in [6, 6.07) is 1.07. The predicted molar refractivity (Wildman–Crippen MR) is 73.3 cm³/mol. The van der Waals surface area contributed by atoms with Crippen molar-refractivity contribution in [3.05, 3.63) is 17.7 Å². The van der Waals surface area contributed by atoms with Crippen LogP contribution in [0.4, 0.5) is 20.4 Å². The maximum absolute atomic E-state index is 13.8. The van der Waals surface area contributed by atoms with Crippen LogP contribution in [0.5, 0.6) is 0 Å². The Labute approximate surface area is 112 Å². The van der Waals surface area contributed by atoms with Crippen molar-refractivity contribution in [1.29, 1.82) is 0 Å². The summed E-state index contributed by atoms with van der Waals surface area (Å²) >= 11 is 0. The van der Waals surface area contributed by atoms with Gasteiger partial charge in [0.15, 0.2) is 23.3 Å². The first-order valence-electron chi connectivity index (χ1n) is 6.83. The lowest BCUT2D eigenvalue weighted by Gasteiger charge is -2.35. The van der Waals surface area contributed by atoms with Gasteiger partial charge in [0.25, 0.3) is 0 Å². The average Bonchev–Trinajstić information content (AvgIpc) is 2.38. The molecule has 0 spiro atoms. The van der Waals surface area contributed by atoms with Crippen LogP contribution in [0.1, 0.15) is 33.1 Å². The molecule has 1 aliphatic carbocycles. The normalized spacial score (nSPS) is 27.1. The third kappa shape index (κ3) is 2.96. The summed E-state index contributed by atoms with van der Waals surface area (Å²) in [7, 11) is 1.57. The number of nitrogens with zero attached hydrogens (tertiary/aromatic N) is 1. The molecule has 0 saturated heterocycles. The number of rotatable bonds is 3. The molecule has 1 fully saturated rings. The van der Waals surface area contributed by atoms with E-state index in [1.807, 2.05) is 0 Å². The quantitative estimate of drug-likeness (QED) is 0.879. The van der Waals surface area contributed by atoms with Gasteiger partial charge in [0.1, 0.15) is 0 Å². The van der Waals surface area contributed by atoms with Crippen LogP contribution in [0, 0.1) is 23.5 Å². The molecule has 5 heteroatoms. The minimum Gasteiger partial charge on any atom is -0.371 e. The Morgan fingerprint density at radius 3 is 2.53 bits per heavy atom. The summed E-state index contributed by atoms with van der Waals surface area (Å²) in [5.74, 6) is -0.0359. The number of aromatic nitrogens is 1. The number of hydrogen-bond donors (Lipinski definition) is 2. The lowest BCUT2D eigenvalue weighted by molar-refractivity contribution is 0.252. The highest BCUT2D eigenvalue weighted by atomic mass is 19.1. The molecule has 2 N–H and O–H groups in total. The van der Waals surface area contributed by atoms with E-state index >= 15 is 0 Å². The van der Waals surface area contributed by atoms with E-state index in [0.29, 0.717) is 11.8 Å². The summed E-state index contributed by atoms with van der Waals surface area (Å²) in [4.78, 5) is 3.97. The fourth-order valence-corrected chi connectivity index (χ4v) is 2.70. The molecule has 3 unspecified atom stereocenters. The third-order valence-corrected chi connectivity index (χ3v) is 4.20. The van der Waals surface area contributed by atoms with Gasteiger partial charge in [0, 0.05) is 19.2 Å². The molecular weight excluding hydrogens is 248 g/mol. The van der Waals surface area contributed by atoms with E-state index in [-0.39, 0.29) is 17.7 Å². The number of nitrogens with one attached hydrogen (secondary N) is 2. The van der Waals surface area contributed by atoms with Crippen molar-refractivity contribution in [2.75, 3.05) is 17.7 Å². The maximum atomic E-state index is 13.8. The molecule has 1 aromatic rings. The molecule has 3 atom stereocenters. The molecule has 19 heavy (non-hydrogen) atoms. The molecule has 1 aromatic heterocycles. The second-order valence-electron chi connectivity index (χ2n) is 5.42. The number of hydrogen-bond acceptors (Lipinski definition) is 3.